The lowest BCUT2D eigenvalue weighted by molar-refractivity contribution is -0.198. The predicted octanol–water partition coefficient (Wildman–Crippen LogP) is 4.79. The van der Waals surface area contributed by atoms with E-state index in [4.69, 9.17) is 15.2 Å². The first kappa shape index (κ1) is 33.2. The van der Waals surface area contributed by atoms with Crippen molar-refractivity contribution in [1.82, 2.24) is 15.5 Å². The summed E-state index contributed by atoms with van der Waals surface area (Å²) >= 11 is 0. The molecule has 0 spiro atoms. The van der Waals surface area contributed by atoms with Gasteiger partial charge in [-0.25, -0.2) is 14.5 Å². The number of unbranched alkanes of at least 4 members (excludes halogenated alkanes) is 2. The molecular weight excluding hydrogens is 455 g/mol. The van der Waals surface area contributed by atoms with Crippen molar-refractivity contribution in [2.45, 2.75) is 97.4 Å². The van der Waals surface area contributed by atoms with E-state index >= 15 is 0 Å². The van der Waals surface area contributed by atoms with Gasteiger partial charge in [0.1, 0.15) is 0 Å². The Labute approximate surface area is 206 Å². The van der Waals surface area contributed by atoms with E-state index in [9.17, 15) is 9.59 Å². The fourth-order valence-corrected chi connectivity index (χ4v) is 4.28. The van der Waals surface area contributed by atoms with Gasteiger partial charge in [-0.05, 0) is 32.6 Å². The summed E-state index contributed by atoms with van der Waals surface area (Å²) in [7, 11) is 0. The van der Waals surface area contributed by atoms with Crippen molar-refractivity contribution < 1.29 is 19.1 Å². The fourth-order valence-electron chi connectivity index (χ4n) is 4.28. The van der Waals surface area contributed by atoms with Crippen molar-refractivity contribution in [2.75, 3.05) is 26.2 Å². The zero-order chi connectivity index (χ0) is 22.4. The van der Waals surface area contributed by atoms with Crippen LogP contribution in [0.25, 0.3) is 0 Å². The second-order valence-corrected chi connectivity index (χ2v) is 8.12. The van der Waals surface area contributed by atoms with Crippen LogP contribution in [0.1, 0.15) is 85.5 Å². The Morgan fingerprint density at radius 2 is 1.53 bits per heavy atom. The Balaban J connectivity index is 0. The second kappa shape index (κ2) is 18.5. The number of halogens is 2. The third kappa shape index (κ3) is 10.3. The molecule has 0 aromatic carbocycles. The van der Waals surface area contributed by atoms with Gasteiger partial charge in [0.15, 0.2) is 12.0 Å². The molecule has 0 bridgehead atoms. The van der Waals surface area contributed by atoms with E-state index in [0.29, 0.717) is 19.6 Å². The number of rotatable bonds is 13. The minimum atomic E-state index is -1.01. The monoisotopic (exact) mass is 500 g/mol. The molecule has 0 aromatic rings. The van der Waals surface area contributed by atoms with E-state index in [2.05, 4.69) is 24.5 Å². The van der Waals surface area contributed by atoms with Crippen molar-refractivity contribution in [2.24, 2.45) is 11.7 Å². The molecule has 2 atom stereocenters. The quantitative estimate of drug-likeness (QED) is 0.248. The molecular formula is C22H46Cl2N4O4. The molecule has 10 heteroatoms. The number of carbonyl (C=O) groups excluding carboxylic acids is 2. The van der Waals surface area contributed by atoms with Gasteiger partial charge in [0, 0.05) is 32.1 Å². The van der Waals surface area contributed by atoms with Crippen LogP contribution in [0.4, 0.5) is 9.59 Å². The Morgan fingerprint density at radius 3 is 2.00 bits per heavy atom. The van der Waals surface area contributed by atoms with Crippen LogP contribution in [-0.4, -0.2) is 55.2 Å². The summed E-state index contributed by atoms with van der Waals surface area (Å²) in [6.45, 7) is 9.76. The lowest BCUT2D eigenvalue weighted by Gasteiger charge is -2.49. The van der Waals surface area contributed by atoms with E-state index in [1.165, 1.54) is 6.42 Å². The summed E-state index contributed by atoms with van der Waals surface area (Å²) in [6.07, 6.45) is 7.49. The van der Waals surface area contributed by atoms with Gasteiger partial charge in [-0.1, -0.05) is 52.9 Å². The Bertz CT molecular complexity index is 510. The van der Waals surface area contributed by atoms with Crippen LogP contribution >= 0.6 is 24.8 Å². The smallest absolute Gasteiger partial charge is 0.408 e. The molecule has 192 valence electrons. The lowest BCUT2D eigenvalue weighted by Crippen LogP contribution is -2.65. The molecule has 32 heavy (non-hydrogen) atoms. The summed E-state index contributed by atoms with van der Waals surface area (Å²) in [4.78, 5) is 26.8. The first-order chi connectivity index (χ1) is 14.4. The standard InChI is InChI=1S/C22H44N4O4.2ClH/c1-5-8-15-24-20(27)29-18(4)26(7-3)22(17-23,19-13-11-10-12-14-19)30-21(28)25-16-9-6-2;;/h18-19H,5-17,23H2,1-4H3,(H,24,27)(H,25,28);2*1H. The summed E-state index contributed by atoms with van der Waals surface area (Å²) in [5.74, 6) is 0.0994. The number of nitrogens with one attached hydrogen (secondary N) is 2. The van der Waals surface area contributed by atoms with Crippen LogP contribution < -0.4 is 16.4 Å². The number of nitrogens with zero attached hydrogens (tertiary/aromatic N) is 1. The normalized spacial score (nSPS) is 16.7. The number of hydrogen-bond acceptors (Lipinski definition) is 6. The maximum atomic E-state index is 12.6. The number of hydrogen-bond donors (Lipinski definition) is 3. The number of nitrogens with two attached hydrogens (primary N) is 1. The lowest BCUT2D eigenvalue weighted by atomic mass is 9.80. The van der Waals surface area contributed by atoms with E-state index in [1.807, 2.05) is 18.7 Å². The Hall–Kier alpha value is -0.960. The molecule has 8 nitrogen and oxygen atoms in total. The molecule has 1 fully saturated rings. The molecule has 0 radical (unpaired) electrons. The van der Waals surface area contributed by atoms with Gasteiger partial charge in [0.05, 0.1) is 0 Å². The highest BCUT2D eigenvalue weighted by molar-refractivity contribution is 5.85. The fraction of sp³-hybridized carbons (Fsp3) is 0.909. The highest BCUT2D eigenvalue weighted by atomic mass is 35.5. The molecule has 1 aliphatic rings. The Morgan fingerprint density at radius 1 is 1.00 bits per heavy atom. The SMILES string of the molecule is CCCCNC(=O)OC(C)N(CC)C(CN)(OC(=O)NCCCC)C1CCCCC1.Cl.Cl. The molecule has 0 heterocycles. The number of carbonyl (C=O) groups is 2. The minimum Gasteiger partial charge on any atom is -0.430 e. The average molecular weight is 502 g/mol. The highest BCUT2D eigenvalue weighted by Gasteiger charge is 2.49. The van der Waals surface area contributed by atoms with Crippen LogP contribution in [0.15, 0.2) is 0 Å². The van der Waals surface area contributed by atoms with Crippen molar-refractivity contribution in [3.63, 3.8) is 0 Å². The highest BCUT2D eigenvalue weighted by Crippen LogP contribution is 2.38. The van der Waals surface area contributed by atoms with Gasteiger partial charge in [0.25, 0.3) is 0 Å². The van der Waals surface area contributed by atoms with Gasteiger partial charge < -0.3 is 25.8 Å². The third-order valence-electron chi connectivity index (χ3n) is 5.95. The predicted molar refractivity (Wildman–Crippen MR) is 133 cm³/mol. The number of alkyl carbamates (subject to hydrolysis) is 2. The number of ether oxygens (including phenoxy) is 2. The number of likely N-dealkylation sites (N-methyl/N-ethyl adjacent to an activating group) is 1. The van der Waals surface area contributed by atoms with Gasteiger partial charge >= 0.3 is 12.2 Å². The first-order valence-electron chi connectivity index (χ1n) is 11.8. The van der Waals surface area contributed by atoms with Crippen molar-refractivity contribution in [3.8, 4) is 0 Å². The second-order valence-electron chi connectivity index (χ2n) is 8.12. The summed E-state index contributed by atoms with van der Waals surface area (Å²) < 4.78 is 11.7. The average Bonchev–Trinajstić information content (AvgIpc) is 2.74. The summed E-state index contributed by atoms with van der Waals surface area (Å²) in [5.41, 5.74) is 5.28. The summed E-state index contributed by atoms with van der Waals surface area (Å²) in [6, 6.07) is 0. The van der Waals surface area contributed by atoms with E-state index in [-0.39, 0.29) is 37.3 Å². The molecule has 1 rings (SSSR count). The molecule has 2 unspecified atom stereocenters. The van der Waals surface area contributed by atoms with Crippen LogP contribution in [0.5, 0.6) is 0 Å². The molecule has 2 amide bonds. The van der Waals surface area contributed by atoms with Gasteiger partial charge in [-0.2, -0.15) is 0 Å². The van der Waals surface area contributed by atoms with Crippen LogP contribution in [0.3, 0.4) is 0 Å². The van der Waals surface area contributed by atoms with Gasteiger partial charge in [0.2, 0.25) is 0 Å². The zero-order valence-corrected chi connectivity index (χ0v) is 22.0. The molecule has 0 aromatic heterocycles. The Kier molecular flexibility index (Phi) is 19.2. The van der Waals surface area contributed by atoms with Gasteiger partial charge in [-0.3, -0.25) is 0 Å². The van der Waals surface area contributed by atoms with Crippen LogP contribution in [0, 0.1) is 5.92 Å². The van der Waals surface area contributed by atoms with Crippen molar-refractivity contribution >= 4 is 37.0 Å². The van der Waals surface area contributed by atoms with Crippen molar-refractivity contribution in [1.29, 1.82) is 0 Å². The first-order valence-corrected chi connectivity index (χ1v) is 11.8. The summed E-state index contributed by atoms with van der Waals surface area (Å²) in [5, 5.41) is 5.62. The molecule has 0 aliphatic heterocycles. The van der Waals surface area contributed by atoms with Crippen molar-refractivity contribution in [3.05, 3.63) is 0 Å². The topological polar surface area (TPSA) is 106 Å². The van der Waals surface area contributed by atoms with Crippen LogP contribution in [0.2, 0.25) is 0 Å². The largest absolute Gasteiger partial charge is 0.430 e. The minimum absolute atomic E-state index is 0. The number of amides is 2. The molecule has 4 N–H and O–H groups in total. The maximum Gasteiger partial charge on any atom is 0.408 e. The molecule has 1 aliphatic carbocycles. The van der Waals surface area contributed by atoms with E-state index in [1.54, 1.807) is 0 Å². The van der Waals surface area contributed by atoms with E-state index < -0.39 is 24.1 Å². The third-order valence-corrected chi connectivity index (χ3v) is 5.95. The van der Waals surface area contributed by atoms with E-state index in [0.717, 1.165) is 51.4 Å². The van der Waals surface area contributed by atoms with Crippen LogP contribution in [-0.2, 0) is 9.47 Å². The maximum absolute atomic E-state index is 12.6. The zero-order valence-electron chi connectivity index (χ0n) is 20.3. The molecule has 0 saturated heterocycles. The van der Waals surface area contributed by atoms with Gasteiger partial charge in [-0.15, -0.1) is 24.8 Å². The molecule has 1 saturated carbocycles.